The molecule has 136 valence electrons. The first-order valence-electron chi connectivity index (χ1n) is 8.40. The third-order valence-electron chi connectivity index (χ3n) is 4.52. The number of benzene rings is 1. The number of likely N-dealkylation sites (N-methyl/N-ethyl adjacent to an activating group) is 1. The van der Waals surface area contributed by atoms with Crippen LogP contribution in [-0.2, 0) is 0 Å². The minimum atomic E-state index is -0.384. The summed E-state index contributed by atoms with van der Waals surface area (Å²) < 4.78 is 5.70. The van der Waals surface area contributed by atoms with Gasteiger partial charge in [-0.05, 0) is 62.6 Å². The molecule has 0 aliphatic carbocycles. The van der Waals surface area contributed by atoms with E-state index >= 15 is 0 Å². The molecule has 0 aliphatic heterocycles. The van der Waals surface area contributed by atoms with Gasteiger partial charge in [0.15, 0.2) is 11.2 Å². The molecule has 1 atom stereocenters. The van der Waals surface area contributed by atoms with Crippen LogP contribution in [0.4, 0.5) is 0 Å². The Morgan fingerprint density at radius 1 is 1.23 bits per heavy atom. The number of fused-ring (bicyclic) bond motifs is 1. The summed E-state index contributed by atoms with van der Waals surface area (Å²) in [6.45, 7) is 4.33. The fourth-order valence-corrected chi connectivity index (χ4v) is 3.74. The molecule has 0 fully saturated rings. The number of rotatable bonds is 5. The van der Waals surface area contributed by atoms with E-state index in [0.717, 1.165) is 11.1 Å². The first-order valence-corrected chi connectivity index (χ1v) is 9.28. The van der Waals surface area contributed by atoms with Gasteiger partial charge in [0.25, 0.3) is 5.91 Å². The van der Waals surface area contributed by atoms with Crippen molar-refractivity contribution in [1.29, 1.82) is 0 Å². The molecule has 3 rings (SSSR count). The summed E-state index contributed by atoms with van der Waals surface area (Å²) in [5.74, 6) is -0.347. The number of hydrogen-bond donors (Lipinski definition) is 1. The summed E-state index contributed by atoms with van der Waals surface area (Å²) in [4.78, 5) is 28.1. The summed E-state index contributed by atoms with van der Waals surface area (Å²) >= 11 is 1.65. The Morgan fingerprint density at radius 3 is 2.62 bits per heavy atom. The van der Waals surface area contributed by atoms with E-state index in [-0.39, 0.29) is 23.1 Å². The molecule has 3 aromatic rings. The minimum Gasteiger partial charge on any atom is -0.451 e. The van der Waals surface area contributed by atoms with Gasteiger partial charge in [-0.25, -0.2) is 0 Å². The monoisotopic (exact) mass is 370 g/mol. The highest BCUT2D eigenvalue weighted by molar-refractivity contribution is 7.10. The van der Waals surface area contributed by atoms with Crippen molar-refractivity contribution < 1.29 is 9.21 Å². The third-order valence-corrected chi connectivity index (χ3v) is 5.49. The molecule has 0 saturated heterocycles. The smallest absolute Gasteiger partial charge is 0.287 e. The number of nitrogens with zero attached hydrogens (tertiary/aromatic N) is 1. The quantitative estimate of drug-likeness (QED) is 0.747. The van der Waals surface area contributed by atoms with Crippen LogP contribution in [0.15, 0.2) is 44.9 Å². The highest BCUT2D eigenvalue weighted by atomic mass is 32.1. The average molecular weight is 370 g/mol. The van der Waals surface area contributed by atoms with Gasteiger partial charge < -0.3 is 14.6 Å². The number of hydrogen-bond acceptors (Lipinski definition) is 5. The second kappa shape index (κ2) is 7.43. The van der Waals surface area contributed by atoms with Crippen LogP contribution in [-0.4, -0.2) is 31.4 Å². The molecule has 5 nitrogen and oxygen atoms in total. The topological polar surface area (TPSA) is 62.6 Å². The number of thiophene rings is 1. The number of nitrogens with one attached hydrogen (secondary N) is 1. The van der Waals surface area contributed by atoms with Crippen molar-refractivity contribution in [2.75, 3.05) is 20.6 Å². The van der Waals surface area contributed by atoms with E-state index in [4.69, 9.17) is 4.42 Å². The van der Waals surface area contributed by atoms with E-state index in [1.165, 1.54) is 10.9 Å². The van der Waals surface area contributed by atoms with E-state index in [2.05, 4.69) is 10.2 Å². The van der Waals surface area contributed by atoms with Crippen molar-refractivity contribution in [2.45, 2.75) is 19.9 Å². The van der Waals surface area contributed by atoms with Crippen molar-refractivity contribution in [3.05, 3.63) is 67.7 Å². The van der Waals surface area contributed by atoms with Crippen molar-refractivity contribution >= 4 is 28.2 Å². The molecule has 1 N–H and O–H groups in total. The Kier molecular flexibility index (Phi) is 5.25. The van der Waals surface area contributed by atoms with Crippen molar-refractivity contribution in [3.8, 4) is 0 Å². The molecule has 1 amide bonds. The van der Waals surface area contributed by atoms with Crippen molar-refractivity contribution in [1.82, 2.24) is 10.2 Å². The molecule has 0 aliphatic rings. The molecule has 0 bridgehead atoms. The van der Waals surface area contributed by atoms with Crippen LogP contribution in [0.1, 0.15) is 32.6 Å². The molecule has 2 aromatic heterocycles. The van der Waals surface area contributed by atoms with Gasteiger partial charge >= 0.3 is 0 Å². The molecular weight excluding hydrogens is 348 g/mol. The van der Waals surface area contributed by atoms with E-state index in [9.17, 15) is 9.59 Å². The second-order valence-electron chi connectivity index (χ2n) is 6.61. The van der Waals surface area contributed by atoms with Gasteiger partial charge in [0.05, 0.1) is 11.4 Å². The molecule has 26 heavy (non-hydrogen) atoms. The van der Waals surface area contributed by atoms with Crippen molar-refractivity contribution in [2.24, 2.45) is 0 Å². The Labute approximate surface area is 156 Å². The Morgan fingerprint density at radius 2 is 1.96 bits per heavy atom. The van der Waals surface area contributed by atoms with Gasteiger partial charge in [-0.15, -0.1) is 11.3 Å². The number of carbonyl (C=O) groups is 1. The Balaban J connectivity index is 1.83. The van der Waals surface area contributed by atoms with E-state index in [1.54, 1.807) is 23.5 Å². The maximum Gasteiger partial charge on any atom is 0.287 e. The standard InChI is InChI=1S/C20H22N2O3S/c1-12-8-14-16(23)10-18(25-17(14)9-13(12)2)20(24)21-11-15(22(3)4)19-6-5-7-26-19/h5-10,15H,11H2,1-4H3,(H,21,24). The summed E-state index contributed by atoms with van der Waals surface area (Å²) in [6, 6.07) is 8.97. The second-order valence-corrected chi connectivity index (χ2v) is 7.59. The molecule has 6 heteroatoms. The fraction of sp³-hybridized carbons (Fsp3) is 0.300. The summed E-state index contributed by atoms with van der Waals surface area (Å²) in [7, 11) is 3.94. The summed E-state index contributed by atoms with van der Waals surface area (Å²) in [5.41, 5.74) is 2.27. The molecule has 2 heterocycles. The maximum absolute atomic E-state index is 12.5. The van der Waals surface area contributed by atoms with Gasteiger partial charge in [0, 0.05) is 17.5 Å². The van der Waals surface area contributed by atoms with Gasteiger partial charge in [0.1, 0.15) is 5.58 Å². The lowest BCUT2D eigenvalue weighted by Gasteiger charge is -2.23. The predicted molar refractivity (Wildman–Crippen MR) is 105 cm³/mol. The molecule has 0 saturated carbocycles. The first kappa shape index (κ1) is 18.4. The summed E-state index contributed by atoms with van der Waals surface area (Å²) in [6.07, 6.45) is 0. The predicted octanol–water partition coefficient (Wildman–Crippen LogP) is 3.50. The average Bonchev–Trinajstić information content (AvgIpc) is 3.10. The SMILES string of the molecule is Cc1cc2oc(C(=O)NCC(c3cccs3)N(C)C)cc(=O)c2cc1C. The highest BCUT2D eigenvalue weighted by Gasteiger charge is 2.18. The van der Waals surface area contributed by atoms with Gasteiger partial charge in [0.2, 0.25) is 0 Å². The van der Waals surface area contributed by atoms with Crippen LogP contribution in [0.5, 0.6) is 0 Å². The lowest BCUT2D eigenvalue weighted by molar-refractivity contribution is 0.0915. The third kappa shape index (κ3) is 3.71. The molecule has 0 radical (unpaired) electrons. The minimum absolute atomic E-state index is 0.0365. The number of carbonyl (C=O) groups excluding carboxylic acids is 1. The largest absolute Gasteiger partial charge is 0.451 e. The zero-order valence-electron chi connectivity index (χ0n) is 15.3. The number of aryl methyl sites for hydroxylation is 2. The zero-order chi connectivity index (χ0) is 18.8. The lowest BCUT2D eigenvalue weighted by atomic mass is 10.1. The summed E-state index contributed by atoms with van der Waals surface area (Å²) in [5, 5.41) is 5.39. The van der Waals surface area contributed by atoms with Crippen LogP contribution < -0.4 is 10.7 Å². The Hall–Kier alpha value is -2.44. The highest BCUT2D eigenvalue weighted by Crippen LogP contribution is 2.22. The molecule has 1 unspecified atom stereocenters. The fourth-order valence-electron chi connectivity index (χ4n) is 2.82. The van der Waals surface area contributed by atoms with Gasteiger partial charge in [-0.2, -0.15) is 0 Å². The van der Waals surface area contributed by atoms with Crippen LogP contribution in [0, 0.1) is 13.8 Å². The van der Waals surface area contributed by atoms with Crippen LogP contribution >= 0.6 is 11.3 Å². The molecule has 1 aromatic carbocycles. The van der Waals surface area contributed by atoms with Crippen LogP contribution in [0.3, 0.4) is 0 Å². The normalized spacial score (nSPS) is 12.5. The van der Waals surface area contributed by atoms with Gasteiger partial charge in [-0.3, -0.25) is 9.59 Å². The van der Waals surface area contributed by atoms with E-state index in [0.29, 0.717) is 17.5 Å². The first-order chi connectivity index (χ1) is 12.4. The van der Waals surface area contributed by atoms with Crippen molar-refractivity contribution in [3.63, 3.8) is 0 Å². The number of amides is 1. The lowest BCUT2D eigenvalue weighted by Crippen LogP contribution is -2.34. The molecule has 0 spiro atoms. The van der Waals surface area contributed by atoms with E-state index in [1.807, 2.05) is 45.5 Å². The zero-order valence-corrected chi connectivity index (χ0v) is 16.1. The van der Waals surface area contributed by atoms with Crippen LogP contribution in [0.25, 0.3) is 11.0 Å². The van der Waals surface area contributed by atoms with Crippen LogP contribution in [0.2, 0.25) is 0 Å². The Bertz CT molecular complexity index is 990. The van der Waals surface area contributed by atoms with E-state index < -0.39 is 0 Å². The van der Waals surface area contributed by atoms with Gasteiger partial charge in [-0.1, -0.05) is 6.07 Å². The maximum atomic E-state index is 12.5. The molecular formula is C20H22N2O3S.